The Kier molecular flexibility index (Phi) is 23.6. The maximum Gasteiger partial charge on any atom is 0.143 e. The lowest BCUT2D eigenvalue weighted by atomic mass is 9.73. The summed E-state index contributed by atoms with van der Waals surface area (Å²) in [5.74, 6) is 3.00. The third-order valence-electron chi connectivity index (χ3n) is 24.8. The highest BCUT2D eigenvalue weighted by Crippen LogP contribution is 2.44. The Hall–Kier alpha value is -13.6. The van der Waals surface area contributed by atoms with Crippen molar-refractivity contribution in [1.29, 1.82) is 0 Å². The highest BCUT2D eigenvalue weighted by Gasteiger charge is 2.32. The van der Waals surface area contributed by atoms with Gasteiger partial charge in [-0.1, -0.05) is 407 Å². The summed E-state index contributed by atoms with van der Waals surface area (Å²) in [5, 5.41) is 9.85. The fourth-order valence-corrected chi connectivity index (χ4v) is 18.6. The zero-order chi connectivity index (χ0) is 97.2. The Labute approximate surface area is 783 Å². The minimum atomic E-state index is -1.53. The van der Waals surface area contributed by atoms with Crippen molar-refractivity contribution in [3.63, 3.8) is 0 Å². The number of hydrogen-bond acceptors (Lipinski definition) is 5. The smallest absolute Gasteiger partial charge is 0.143 e. The van der Waals surface area contributed by atoms with Crippen LogP contribution in [0.3, 0.4) is 0 Å². The van der Waals surface area contributed by atoms with Crippen molar-refractivity contribution in [3.8, 4) is 56.9 Å². The number of fused-ring (bicyclic) bond motifs is 12. The largest absolute Gasteiger partial charge is 0.294 e. The Morgan fingerprint density at radius 1 is 0.275 bits per heavy atom. The van der Waals surface area contributed by atoms with Crippen LogP contribution in [0.4, 0.5) is 0 Å². The van der Waals surface area contributed by atoms with Gasteiger partial charge in [-0.2, -0.15) is 0 Å². The molecule has 0 saturated carbocycles. The van der Waals surface area contributed by atoms with Gasteiger partial charge in [-0.3, -0.25) is 28.2 Å². The molecule has 20 aromatic rings. The van der Waals surface area contributed by atoms with Gasteiger partial charge in [0.15, 0.2) is 0 Å². The van der Waals surface area contributed by atoms with Crippen LogP contribution in [0.5, 0.6) is 0 Å². The van der Waals surface area contributed by atoms with Gasteiger partial charge >= 0.3 is 0 Å². The molecule has 9 heterocycles. The van der Waals surface area contributed by atoms with Gasteiger partial charge in [0.05, 0.1) is 55.5 Å². The molecule has 0 radical (unpaired) electrons. The zero-order valence-electron chi connectivity index (χ0n) is 85.4. The maximum atomic E-state index is 8.42. The SMILES string of the molecule is CC(C)(C)c1ccc(-n2c3ccccc3c3ccccc32)nc1-c1ccccc1.CC(C)(C)c1ccc(-n2c3ccccc3c3ccccc32)nc1-n1c2ccccc2c2ccccc21.[2H]C(C)(C)c1cncc(C(C)(C)C)c1C(C)(C)C.[2H]C([2H])(C)c1nc(-c2ccccc2)cc(-c2ccccc2)c1C(C)(C)C.[2H]C([2H])(C)c1nc(-n2c3ccccc3c3ccccc32)ccc1C(C)(C)C. The van der Waals surface area contributed by atoms with Gasteiger partial charge in [-0.25, -0.2) is 15.0 Å². The van der Waals surface area contributed by atoms with E-state index in [0.717, 1.165) is 84.6 Å². The number of para-hydroxylation sites is 8. The van der Waals surface area contributed by atoms with Crippen LogP contribution >= 0.6 is 0 Å². The van der Waals surface area contributed by atoms with Gasteiger partial charge in [-0.15, -0.1) is 0 Å². The minimum absolute atomic E-state index is 0.0114. The quantitative estimate of drug-likeness (QED) is 0.136. The zero-order valence-corrected chi connectivity index (χ0v) is 80.4. The molecule has 0 aliphatic heterocycles. The van der Waals surface area contributed by atoms with Crippen molar-refractivity contribution in [1.82, 2.24) is 43.2 Å². The second-order valence-corrected chi connectivity index (χ2v) is 40.6. The number of nitrogens with zero attached hydrogens (tertiary/aromatic N) is 9. The van der Waals surface area contributed by atoms with Gasteiger partial charge in [0.2, 0.25) is 0 Å². The van der Waals surface area contributed by atoms with Crippen LogP contribution < -0.4 is 0 Å². The average Bonchev–Trinajstić information content (AvgIpc) is 1.58. The maximum absolute atomic E-state index is 8.42. The summed E-state index contributed by atoms with van der Waals surface area (Å²) in [5.41, 5.74) is 24.0. The Morgan fingerprint density at radius 2 is 0.580 bits per heavy atom. The van der Waals surface area contributed by atoms with E-state index in [2.05, 4.69) is 391 Å². The Bertz CT molecular complexity index is 7520. The molecule has 0 aliphatic carbocycles. The van der Waals surface area contributed by atoms with E-state index in [1.165, 1.54) is 98.4 Å². The number of aryl methyl sites for hydroxylation is 2. The molecule has 0 fully saturated rings. The van der Waals surface area contributed by atoms with Crippen LogP contribution in [0.1, 0.15) is 215 Å². The molecule has 9 aromatic heterocycles. The fourth-order valence-electron chi connectivity index (χ4n) is 18.6. The van der Waals surface area contributed by atoms with Gasteiger partial charge in [0, 0.05) is 90.4 Å². The predicted molar refractivity (Wildman–Crippen MR) is 560 cm³/mol. The van der Waals surface area contributed by atoms with E-state index in [-0.39, 0.29) is 32.5 Å². The highest BCUT2D eigenvalue weighted by molar-refractivity contribution is 6.12. The van der Waals surface area contributed by atoms with Crippen LogP contribution in [0.25, 0.3) is 144 Å². The van der Waals surface area contributed by atoms with E-state index in [1.807, 2.05) is 111 Å². The summed E-state index contributed by atoms with van der Waals surface area (Å²) in [6.07, 6.45) is 0.785. The third-order valence-corrected chi connectivity index (χ3v) is 24.8. The van der Waals surface area contributed by atoms with Gasteiger partial charge in [0.25, 0.3) is 0 Å². The molecule has 0 aliphatic rings. The summed E-state index contributed by atoms with van der Waals surface area (Å²) < 4.78 is 50.9. The molecule has 660 valence electrons. The van der Waals surface area contributed by atoms with Crippen molar-refractivity contribution in [2.75, 3.05) is 0 Å². The van der Waals surface area contributed by atoms with Crippen LogP contribution in [0, 0.1) is 0 Å². The first-order valence-corrected chi connectivity index (χ1v) is 46.0. The van der Waals surface area contributed by atoms with E-state index in [9.17, 15) is 0 Å². The molecule has 9 heteroatoms. The first-order chi connectivity index (χ1) is 64.3. The molecule has 0 saturated heterocycles. The normalized spacial score (nSPS) is 13.0. The number of pyridine rings is 5. The highest BCUT2D eigenvalue weighted by atomic mass is 15.1. The Morgan fingerprint density at radius 3 is 0.924 bits per heavy atom. The second-order valence-electron chi connectivity index (χ2n) is 40.6. The molecule has 0 atom stereocenters. The van der Waals surface area contributed by atoms with Crippen LogP contribution in [-0.2, 0) is 45.2 Å². The molecule has 0 spiro atoms. The van der Waals surface area contributed by atoms with Crippen molar-refractivity contribution in [3.05, 3.63) is 390 Å². The summed E-state index contributed by atoms with van der Waals surface area (Å²) in [7, 11) is 0. The summed E-state index contributed by atoms with van der Waals surface area (Å²) in [4.78, 5) is 24.7. The summed E-state index contributed by atoms with van der Waals surface area (Å²) >= 11 is 0. The van der Waals surface area contributed by atoms with Gasteiger partial charge in [-0.05, 0) is 168 Å². The van der Waals surface area contributed by atoms with Crippen molar-refractivity contribution >= 4 is 87.2 Å². The lowest BCUT2D eigenvalue weighted by Gasteiger charge is -2.32. The van der Waals surface area contributed by atoms with Crippen LogP contribution in [0.2, 0.25) is 0 Å². The third kappa shape index (κ3) is 18.4. The first-order valence-electron chi connectivity index (χ1n) is 48.5. The molecule has 131 heavy (non-hydrogen) atoms. The molecule has 0 N–H and O–H groups in total. The molecular formula is C122H127N9. The van der Waals surface area contributed by atoms with Gasteiger partial charge < -0.3 is 0 Å². The molecule has 11 aromatic carbocycles. The molecular weight excluding hydrogens is 1590 g/mol. The number of aromatic nitrogens is 9. The fraction of sp³-hybridized carbons (Fsp3) is 0.254. The van der Waals surface area contributed by atoms with Crippen molar-refractivity contribution < 1.29 is 6.85 Å². The average molecular weight is 1720 g/mol. The number of benzene rings is 11. The second kappa shape index (κ2) is 36.7. The van der Waals surface area contributed by atoms with Crippen LogP contribution in [0.15, 0.2) is 340 Å². The molecule has 0 unspecified atom stereocenters. The van der Waals surface area contributed by atoms with Crippen molar-refractivity contribution in [2.45, 2.75) is 203 Å². The topological polar surface area (TPSA) is 84.2 Å². The number of rotatable bonds is 10. The molecule has 20 rings (SSSR count). The van der Waals surface area contributed by atoms with Crippen LogP contribution in [-0.4, -0.2) is 43.2 Å². The molecule has 0 amide bonds. The molecule has 9 nitrogen and oxygen atoms in total. The van der Waals surface area contributed by atoms with E-state index < -0.39 is 18.6 Å². The predicted octanol–water partition coefficient (Wildman–Crippen LogP) is 32.8. The first kappa shape index (κ1) is 84.2. The lowest BCUT2D eigenvalue weighted by Crippen LogP contribution is -2.24. The van der Waals surface area contributed by atoms with Gasteiger partial charge in [0.1, 0.15) is 23.3 Å². The monoisotopic (exact) mass is 1720 g/mol. The Balaban J connectivity index is 0.000000125. The van der Waals surface area contributed by atoms with E-state index in [0.29, 0.717) is 11.4 Å². The minimum Gasteiger partial charge on any atom is -0.294 e. The lowest BCUT2D eigenvalue weighted by molar-refractivity contribution is 0.518. The summed E-state index contributed by atoms with van der Waals surface area (Å²) in [6.45, 7) is 46.5. The standard InChI is InChI=1S/C33H27N3.C27H24N2.C23H24N2.C23H25N.C16H27N/c1-33(2,3)26-20-21-31(35-27-16-8-4-12-22(27)23-13-5-9-17-28(23)35)34-32(26)36-29-18-10-6-14-24(29)25-15-7-11-19-30(25)36;1-27(2,3)22-17-18-25(28-26(22)19-11-5-4-6-12-19)29-23-15-9-7-13-20(23)21-14-8-10-16-24(21)29;1-5-19-18(23(2,3)4)14-15-22(24-19)25-20-12-8-6-10-16(20)17-11-7-9-13-21(17)25;1-5-20-22(23(2,3)4)19(17-12-8-6-9-13-17)16-21(24-20)18-14-10-7-11-15-18;1-11(2)12-9-17-10-13(15(3,4)5)14(12)16(6,7)8/h4-21H,1-3H3;4-18H,1-3H3;6-15H,5H2,1-4H3;6-16H,5H2,1-4H3;9-11H,1-8H3/i;;2*5D2;11D. The molecule has 0 bridgehead atoms. The van der Waals surface area contributed by atoms with E-state index in [1.54, 1.807) is 13.8 Å². The van der Waals surface area contributed by atoms with E-state index in [4.69, 9.17) is 26.8 Å². The van der Waals surface area contributed by atoms with E-state index >= 15 is 0 Å². The summed E-state index contributed by atoms with van der Waals surface area (Å²) in [6, 6.07) is 114. The number of hydrogen-bond donors (Lipinski definition) is 0. The van der Waals surface area contributed by atoms with Crippen molar-refractivity contribution in [2.24, 2.45) is 0 Å².